The van der Waals surface area contributed by atoms with E-state index in [1.807, 2.05) is 0 Å². The molecule has 0 aliphatic carbocycles. The molecule has 0 aliphatic heterocycles. The largest absolute Gasteiger partial charge is 0.494 e. The number of carbonyl (C=O) groups excluding carboxylic acids is 2. The molecule has 2 aromatic carbocycles. The number of ether oxygens (including phenoxy) is 1. The number of nitrogens with zero attached hydrogens (tertiary/aromatic N) is 1. The van der Waals surface area contributed by atoms with Crippen molar-refractivity contribution in [2.75, 3.05) is 26.0 Å². The molecule has 29 heavy (non-hydrogen) atoms. The minimum absolute atomic E-state index is 0.0796. The van der Waals surface area contributed by atoms with E-state index in [0.717, 1.165) is 12.2 Å². The summed E-state index contributed by atoms with van der Waals surface area (Å²) >= 11 is 5.20. The van der Waals surface area contributed by atoms with Crippen LogP contribution in [0.1, 0.15) is 41.0 Å². The van der Waals surface area contributed by atoms with E-state index in [9.17, 15) is 9.59 Å². The molecule has 2 amide bonds. The summed E-state index contributed by atoms with van der Waals surface area (Å²) in [4.78, 5) is 25.8. The number of hydrogen-bond donors (Lipinski definition) is 2. The van der Waals surface area contributed by atoms with Crippen molar-refractivity contribution in [3.05, 3.63) is 59.7 Å². The van der Waals surface area contributed by atoms with Gasteiger partial charge >= 0.3 is 0 Å². The molecule has 7 heteroatoms. The summed E-state index contributed by atoms with van der Waals surface area (Å²) < 4.78 is 5.66. The van der Waals surface area contributed by atoms with Crippen LogP contribution in [0.15, 0.2) is 48.5 Å². The van der Waals surface area contributed by atoms with Gasteiger partial charge in [0.2, 0.25) is 0 Å². The van der Waals surface area contributed by atoms with Crippen molar-refractivity contribution in [1.29, 1.82) is 0 Å². The summed E-state index contributed by atoms with van der Waals surface area (Å²) in [6.07, 6.45) is 0.979. The van der Waals surface area contributed by atoms with Crippen LogP contribution in [-0.2, 0) is 0 Å². The van der Waals surface area contributed by atoms with E-state index in [2.05, 4.69) is 24.5 Å². The smallest absolute Gasteiger partial charge is 0.257 e. The fraction of sp³-hybridized carbons (Fsp3) is 0.318. The van der Waals surface area contributed by atoms with Gasteiger partial charge in [0.15, 0.2) is 5.11 Å². The highest BCUT2D eigenvalue weighted by atomic mass is 32.1. The first-order valence-electron chi connectivity index (χ1n) is 9.43. The van der Waals surface area contributed by atoms with Gasteiger partial charge in [-0.05, 0) is 73.1 Å². The van der Waals surface area contributed by atoms with Gasteiger partial charge in [-0.3, -0.25) is 14.9 Å². The van der Waals surface area contributed by atoms with Gasteiger partial charge in [0.25, 0.3) is 11.8 Å². The topological polar surface area (TPSA) is 70.7 Å². The maximum absolute atomic E-state index is 12.3. The summed E-state index contributed by atoms with van der Waals surface area (Å²) in [6, 6.07) is 13.8. The lowest BCUT2D eigenvalue weighted by atomic mass is 10.1. The maximum Gasteiger partial charge on any atom is 0.257 e. The Hall–Kier alpha value is -2.93. The highest BCUT2D eigenvalue weighted by Gasteiger charge is 2.10. The van der Waals surface area contributed by atoms with E-state index in [0.29, 0.717) is 29.3 Å². The first-order chi connectivity index (χ1) is 13.8. The van der Waals surface area contributed by atoms with Gasteiger partial charge in [0, 0.05) is 30.9 Å². The highest BCUT2D eigenvalue weighted by molar-refractivity contribution is 7.80. The van der Waals surface area contributed by atoms with Crippen LogP contribution in [0.2, 0.25) is 0 Å². The van der Waals surface area contributed by atoms with Crippen LogP contribution in [0.4, 0.5) is 5.69 Å². The number of carbonyl (C=O) groups is 2. The molecule has 0 aromatic heterocycles. The molecular weight excluding hydrogens is 386 g/mol. The van der Waals surface area contributed by atoms with Crippen molar-refractivity contribution in [3.63, 3.8) is 0 Å². The number of thiocarbonyl (C=S) groups is 1. The SMILES string of the molecule is CC(C)CCOc1ccc(C(=O)NC(=S)Nc2ccc(C(=O)N(C)C)cc2)cc1. The molecule has 154 valence electrons. The van der Waals surface area contributed by atoms with Crippen molar-refractivity contribution in [2.45, 2.75) is 20.3 Å². The summed E-state index contributed by atoms with van der Waals surface area (Å²) in [7, 11) is 3.40. The number of benzene rings is 2. The predicted octanol–water partition coefficient (Wildman–Crippen LogP) is 3.94. The Labute approximate surface area is 177 Å². The van der Waals surface area contributed by atoms with Crippen LogP contribution in [0.3, 0.4) is 0 Å². The molecule has 2 rings (SSSR count). The fourth-order valence-electron chi connectivity index (χ4n) is 2.41. The quantitative estimate of drug-likeness (QED) is 0.673. The summed E-state index contributed by atoms with van der Waals surface area (Å²) in [5.74, 6) is 0.924. The average molecular weight is 414 g/mol. The number of nitrogens with one attached hydrogen (secondary N) is 2. The fourth-order valence-corrected chi connectivity index (χ4v) is 2.62. The Morgan fingerprint density at radius 1 is 1.00 bits per heavy atom. The van der Waals surface area contributed by atoms with E-state index in [4.69, 9.17) is 17.0 Å². The normalized spacial score (nSPS) is 10.4. The van der Waals surface area contributed by atoms with E-state index in [1.165, 1.54) is 4.90 Å². The zero-order valence-electron chi connectivity index (χ0n) is 17.2. The summed E-state index contributed by atoms with van der Waals surface area (Å²) in [6.45, 7) is 4.94. The van der Waals surface area contributed by atoms with Gasteiger partial charge in [-0.25, -0.2) is 0 Å². The predicted molar refractivity (Wildman–Crippen MR) is 120 cm³/mol. The second kappa shape index (κ2) is 10.6. The molecule has 2 N–H and O–H groups in total. The van der Waals surface area contributed by atoms with Gasteiger partial charge in [-0.1, -0.05) is 13.8 Å². The van der Waals surface area contributed by atoms with Crippen molar-refractivity contribution in [1.82, 2.24) is 10.2 Å². The summed E-state index contributed by atoms with van der Waals surface area (Å²) in [5, 5.41) is 5.76. The van der Waals surface area contributed by atoms with E-state index in [-0.39, 0.29) is 16.9 Å². The molecule has 0 saturated carbocycles. The van der Waals surface area contributed by atoms with Crippen LogP contribution >= 0.6 is 12.2 Å². The Balaban J connectivity index is 1.87. The third-order valence-corrected chi connectivity index (χ3v) is 4.31. The first-order valence-corrected chi connectivity index (χ1v) is 9.84. The zero-order chi connectivity index (χ0) is 21.4. The second-order valence-electron chi connectivity index (χ2n) is 7.24. The van der Waals surface area contributed by atoms with Crippen LogP contribution in [0, 0.1) is 5.92 Å². The zero-order valence-corrected chi connectivity index (χ0v) is 18.0. The molecule has 0 unspecified atom stereocenters. The lowest BCUT2D eigenvalue weighted by Gasteiger charge is -2.12. The van der Waals surface area contributed by atoms with Crippen molar-refractivity contribution < 1.29 is 14.3 Å². The molecular formula is C22H27N3O3S. The third kappa shape index (κ3) is 7.19. The van der Waals surface area contributed by atoms with Gasteiger partial charge in [-0.2, -0.15) is 0 Å². The van der Waals surface area contributed by atoms with Gasteiger partial charge < -0.3 is 15.0 Å². The maximum atomic E-state index is 12.3. The Kier molecular flexibility index (Phi) is 8.15. The molecule has 0 fully saturated rings. The van der Waals surface area contributed by atoms with Crippen molar-refractivity contribution in [3.8, 4) is 5.75 Å². The Bertz CT molecular complexity index is 847. The lowest BCUT2D eigenvalue weighted by Crippen LogP contribution is -2.34. The van der Waals surface area contributed by atoms with E-state index >= 15 is 0 Å². The summed E-state index contributed by atoms with van der Waals surface area (Å²) in [5.41, 5.74) is 1.74. The van der Waals surface area contributed by atoms with Crippen LogP contribution in [0.25, 0.3) is 0 Å². The molecule has 0 atom stereocenters. The molecule has 0 bridgehead atoms. The van der Waals surface area contributed by atoms with E-state index in [1.54, 1.807) is 62.6 Å². The Morgan fingerprint density at radius 3 is 2.14 bits per heavy atom. The minimum Gasteiger partial charge on any atom is -0.494 e. The average Bonchev–Trinajstić information content (AvgIpc) is 2.68. The van der Waals surface area contributed by atoms with Gasteiger partial charge in [0.1, 0.15) is 5.75 Å². The standard InChI is InChI=1S/C22H27N3O3S/c1-15(2)13-14-28-19-11-7-16(8-12-19)20(26)24-22(29)23-18-9-5-17(6-10-18)21(27)25(3)4/h5-12,15H,13-14H2,1-4H3,(H2,23,24,26,29). The van der Waals surface area contributed by atoms with Crippen LogP contribution in [0.5, 0.6) is 5.75 Å². The molecule has 0 spiro atoms. The van der Waals surface area contributed by atoms with Crippen LogP contribution in [-0.4, -0.2) is 42.5 Å². The number of hydrogen-bond acceptors (Lipinski definition) is 4. The van der Waals surface area contributed by atoms with Crippen molar-refractivity contribution >= 4 is 34.8 Å². The molecule has 0 aliphatic rings. The number of rotatable bonds is 7. The number of anilines is 1. The molecule has 0 saturated heterocycles. The number of amides is 2. The lowest BCUT2D eigenvalue weighted by molar-refractivity contribution is 0.0827. The third-order valence-electron chi connectivity index (χ3n) is 4.10. The Morgan fingerprint density at radius 2 is 1.59 bits per heavy atom. The van der Waals surface area contributed by atoms with E-state index < -0.39 is 0 Å². The van der Waals surface area contributed by atoms with Crippen molar-refractivity contribution in [2.24, 2.45) is 5.92 Å². The molecule has 0 radical (unpaired) electrons. The van der Waals surface area contributed by atoms with Gasteiger partial charge in [-0.15, -0.1) is 0 Å². The van der Waals surface area contributed by atoms with Crippen LogP contribution < -0.4 is 15.4 Å². The minimum atomic E-state index is -0.310. The second-order valence-corrected chi connectivity index (χ2v) is 7.65. The highest BCUT2D eigenvalue weighted by Crippen LogP contribution is 2.14. The first kappa shape index (κ1) is 22.4. The molecule has 6 nitrogen and oxygen atoms in total. The molecule has 2 aromatic rings. The molecule has 0 heterocycles. The monoisotopic (exact) mass is 413 g/mol. The van der Waals surface area contributed by atoms with Gasteiger partial charge in [0.05, 0.1) is 6.61 Å².